The van der Waals surface area contributed by atoms with Gasteiger partial charge in [0.05, 0.1) is 6.33 Å². The fourth-order valence-electron chi connectivity index (χ4n) is 1.81. The molecule has 0 unspecified atom stereocenters. The molecule has 1 aromatic carbocycles. The molecule has 0 fully saturated rings. The first-order valence-corrected chi connectivity index (χ1v) is 5.62. The number of imidazole rings is 1. The first kappa shape index (κ1) is 10.9. The number of hydrogen-bond donors (Lipinski definition) is 0. The van der Waals surface area contributed by atoms with Crippen LogP contribution in [0.3, 0.4) is 0 Å². The van der Waals surface area contributed by atoms with Gasteiger partial charge in [-0.3, -0.25) is 0 Å². The van der Waals surface area contributed by atoms with Crippen LogP contribution in [0.1, 0.15) is 26.3 Å². The molecule has 0 atom stereocenters. The molecule has 0 amide bonds. The first-order valence-electron chi connectivity index (χ1n) is 5.62. The molecule has 0 bridgehead atoms. The summed E-state index contributed by atoms with van der Waals surface area (Å²) in [6, 6.07) is 8.67. The SMILES string of the molecule is CC(C)(C)Cc1ccc(-n2ccnc2)cc1. The average molecular weight is 214 g/mol. The third-order valence-corrected chi connectivity index (χ3v) is 2.47. The van der Waals surface area contributed by atoms with Crippen LogP contribution in [-0.4, -0.2) is 9.55 Å². The molecule has 1 heterocycles. The van der Waals surface area contributed by atoms with Crippen molar-refractivity contribution in [3.63, 3.8) is 0 Å². The van der Waals surface area contributed by atoms with Crippen LogP contribution in [0.2, 0.25) is 0 Å². The van der Waals surface area contributed by atoms with Crippen LogP contribution in [0.25, 0.3) is 5.69 Å². The van der Waals surface area contributed by atoms with Crippen LogP contribution in [0.4, 0.5) is 0 Å². The second-order valence-corrected chi connectivity index (χ2v) is 5.37. The largest absolute Gasteiger partial charge is 0.306 e. The monoisotopic (exact) mass is 214 g/mol. The molecule has 0 aliphatic rings. The highest BCUT2D eigenvalue weighted by atomic mass is 15.0. The average Bonchev–Trinajstić information content (AvgIpc) is 2.69. The van der Waals surface area contributed by atoms with Crippen molar-refractivity contribution in [3.8, 4) is 5.69 Å². The molecule has 0 saturated heterocycles. The van der Waals surface area contributed by atoms with Gasteiger partial charge in [0.1, 0.15) is 0 Å². The van der Waals surface area contributed by atoms with Crippen molar-refractivity contribution >= 4 is 0 Å². The highest BCUT2D eigenvalue weighted by Crippen LogP contribution is 2.21. The first-order chi connectivity index (χ1) is 7.54. The summed E-state index contributed by atoms with van der Waals surface area (Å²) in [6.07, 6.45) is 6.68. The molecule has 16 heavy (non-hydrogen) atoms. The molecule has 0 radical (unpaired) electrons. The second kappa shape index (κ2) is 4.12. The Morgan fingerprint density at radius 3 is 2.31 bits per heavy atom. The van der Waals surface area contributed by atoms with Crippen LogP contribution in [0, 0.1) is 5.41 Å². The lowest BCUT2D eigenvalue weighted by atomic mass is 9.88. The normalized spacial score (nSPS) is 11.7. The third-order valence-electron chi connectivity index (χ3n) is 2.47. The van der Waals surface area contributed by atoms with Gasteiger partial charge in [-0.1, -0.05) is 32.9 Å². The summed E-state index contributed by atoms with van der Waals surface area (Å²) in [5.41, 5.74) is 2.89. The summed E-state index contributed by atoms with van der Waals surface area (Å²) in [4.78, 5) is 4.04. The van der Waals surface area contributed by atoms with Crippen LogP contribution in [0.15, 0.2) is 43.0 Å². The minimum Gasteiger partial charge on any atom is -0.306 e. The van der Waals surface area contributed by atoms with Gasteiger partial charge >= 0.3 is 0 Å². The van der Waals surface area contributed by atoms with Crippen molar-refractivity contribution in [2.45, 2.75) is 27.2 Å². The molecule has 1 aromatic heterocycles. The minimum absolute atomic E-state index is 0.344. The molecule has 0 saturated carbocycles. The summed E-state index contributed by atoms with van der Waals surface area (Å²) >= 11 is 0. The van der Waals surface area contributed by atoms with Crippen LogP contribution < -0.4 is 0 Å². The number of rotatable bonds is 2. The van der Waals surface area contributed by atoms with E-state index in [0.29, 0.717) is 5.41 Å². The molecular formula is C14H18N2. The topological polar surface area (TPSA) is 17.8 Å². The van der Waals surface area contributed by atoms with Crippen molar-refractivity contribution in [1.82, 2.24) is 9.55 Å². The Bertz CT molecular complexity index is 433. The highest BCUT2D eigenvalue weighted by Gasteiger charge is 2.10. The third kappa shape index (κ3) is 2.72. The molecule has 0 aliphatic heterocycles. The Morgan fingerprint density at radius 1 is 1.12 bits per heavy atom. The molecule has 84 valence electrons. The van der Waals surface area contributed by atoms with Gasteiger partial charge in [0.2, 0.25) is 0 Å². The lowest BCUT2D eigenvalue weighted by Crippen LogP contribution is -2.09. The van der Waals surface area contributed by atoms with Gasteiger partial charge in [-0.05, 0) is 29.5 Å². The van der Waals surface area contributed by atoms with Gasteiger partial charge in [0, 0.05) is 18.1 Å². The molecule has 0 aliphatic carbocycles. The second-order valence-electron chi connectivity index (χ2n) is 5.37. The number of nitrogens with zero attached hydrogens (tertiary/aromatic N) is 2. The summed E-state index contributed by atoms with van der Waals surface area (Å²) in [6.45, 7) is 6.78. The maximum Gasteiger partial charge on any atom is 0.0991 e. The van der Waals surface area contributed by atoms with Crippen molar-refractivity contribution in [2.24, 2.45) is 5.41 Å². The predicted molar refractivity (Wildman–Crippen MR) is 66.7 cm³/mol. The van der Waals surface area contributed by atoms with Gasteiger partial charge < -0.3 is 4.57 Å². The zero-order valence-corrected chi connectivity index (χ0v) is 10.1. The van der Waals surface area contributed by atoms with E-state index < -0.39 is 0 Å². The van der Waals surface area contributed by atoms with Crippen LogP contribution in [0.5, 0.6) is 0 Å². The Labute approximate surface area is 97.0 Å². The lowest BCUT2D eigenvalue weighted by Gasteiger charge is -2.18. The highest BCUT2D eigenvalue weighted by molar-refractivity contribution is 5.34. The fraction of sp³-hybridized carbons (Fsp3) is 0.357. The molecule has 0 N–H and O–H groups in total. The summed E-state index contributed by atoms with van der Waals surface area (Å²) in [7, 11) is 0. The van der Waals surface area contributed by atoms with E-state index in [-0.39, 0.29) is 0 Å². The van der Waals surface area contributed by atoms with Gasteiger partial charge in [-0.15, -0.1) is 0 Å². The number of benzene rings is 1. The Balaban J connectivity index is 2.17. The van der Waals surface area contributed by atoms with Crippen molar-refractivity contribution in [1.29, 1.82) is 0 Å². The number of hydrogen-bond acceptors (Lipinski definition) is 1. The molecule has 2 heteroatoms. The number of aromatic nitrogens is 2. The Hall–Kier alpha value is -1.57. The van der Waals surface area contributed by atoms with E-state index in [2.05, 4.69) is 50.0 Å². The van der Waals surface area contributed by atoms with Gasteiger partial charge in [0.15, 0.2) is 0 Å². The molecule has 0 spiro atoms. The van der Waals surface area contributed by atoms with Gasteiger partial charge in [-0.2, -0.15) is 0 Å². The van der Waals surface area contributed by atoms with E-state index >= 15 is 0 Å². The van der Waals surface area contributed by atoms with Crippen molar-refractivity contribution < 1.29 is 0 Å². The predicted octanol–water partition coefficient (Wildman–Crippen LogP) is 3.46. The van der Waals surface area contributed by atoms with Gasteiger partial charge in [0.25, 0.3) is 0 Å². The van der Waals surface area contributed by atoms with E-state index in [0.717, 1.165) is 12.1 Å². The quantitative estimate of drug-likeness (QED) is 0.748. The fourth-order valence-corrected chi connectivity index (χ4v) is 1.81. The standard InChI is InChI=1S/C14H18N2/c1-14(2,3)10-12-4-6-13(7-5-12)16-9-8-15-11-16/h4-9,11H,10H2,1-3H3. The van der Waals surface area contributed by atoms with E-state index in [1.807, 2.05) is 17.1 Å². The molecule has 2 aromatic rings. The van der Waals surface area contributed by atoms with Crippen molar-refractivity contribution in [3.05, 3.63) is 48.5 Å². The zero-order chi connectivity index (χ0) is 11.6. The van der Waals surface area contributed by atoms with Crippen LogP contribution >= 0.6 is 0 Å². The Kier molecular flexibility index (Phi) is 2.82. The van der Waals surface area contributed by atoms with E-state index in [1.165, 1.54) is 5.56 Å². The maximum absolute atomic E-state index is 4.04. The summed E-state index contributed by atoms with van der Waals surface area (Å²) in [5.74, 6) is 0. The Morgan fingerprint density at radius 2 is 1.81 bits per heavy atom. The molecular weight excluding hydrogens is 196 g/mol. The molecule has 2 nitrogen and oxygen atoms in total. The van der Waals surface area contributed by atoms with Crippen LogP contribution in [-0.2, 0) is 6.42 Å². The zero-order valence-electron chi connectivity index (χ0n) is 10.1. The maximum atomic E-state index is 4.04. The van der Waals surface area contributed by atoms with Crippen molar-refractivity contribution in [2.75, 3.05) is 0 Å². The van der Waals surface area contributed by atoms with Gasteiger partial charge in [-0.25, -0.2) is 4.98 Å². The minimum atomic E-state index is 0.344. The van der Waals surface area contributed by atoms with E-state index in [1.54, 1.807) is 6.20 Å². The van der Waals surface area contributed by atoms with E-state index in [9.17, 15) is 0 Å². The molecule has 2 rings (SSSR count). The lowest BCUT2D eigenvalue weighted by molar-refractivity contribution is 0.411. The smallest absolute Gasteiger partial charge is 0.0991 e. The summed E-state index contributed by atoms with van der Waals surface area (Å²) in [5, 5.41) is 0. The van der Waals surface area contributed by atoms with E-state index in [4.69, 9.17) is 0 Å². The summed E-state index contributed by atoms with van der Waals surface area (Å²) < 4.78 is 2.01.